The number of hydrogen-bond acceptors (Lipinski definition) is 6. The number of rotatable bonds is 4. The second-order valence-corrected chi connectivity index (χ2v) is 6.76. The van der Waals surface area contributed by atoms with Crippen LogP contribution >= 0.6 is 11.6 Å². The third-order valence-electron chi connectivity index (χ3n) is 4.82. The van der Waals surface area contributed by atoms with Gasteiger partial charge in [-0.2, -0.15) is 0 Å². The summed E-state index contributed by atoms with van der Waals surface area (Å²) in [6.45, 7) is 1.11. The molecule has 8 heteroatoms. The summed E-state index contributed by atoms with van der Waals surface area (Å²) in [7, 11) is 3.06. The van der Waals surface area contributed by atoms with Crippen LogP contribution in [0.5, 0.6) is 17.2 Å². The topological polar surface area (TPSA) is 74.3 Å². The number of methoxy groups -OCH3 is 2. The molecule has 1 aromatic rings. The van der Waals surface area contributed by atoms with Crippen LogP contribution < -0.4 is 14.2 Å². The average molecular weight is 384 g/mol. The van der Waals surface area contributed by atoms with E-state index in [2.05, 4.69) is 0 Å². The quantitative estimate of drug-likeness (QED) is 0.744. The van der Waals surface area contributed by atoms with Crippen LogP contribution in [0, 0.1) is 0 Å². The molecule has 1 saturated heterocycles. The number of hydrogen-bond donors (Lipinski definition) is 0. The van der Waals surface area contributed by atoms with Gasteiger partial charge in [-0.25, -0.2) is 4.79 Å². The molecular weight excluding hydrogens is 362 g/mol. The number of carbonyl (C=O) groups is 2. The van der Waals surface area contributed by atoms with Crippen LogP contribution in [0.3, 0.4) is 0 Å². The van der Waals surface area contributed by atoms with Gasteiger partial charge in [0.15, 0.2) is 5.78 Å². The van der Waals surface area contributed by atoms with Gasteiger partial charge in [0.05, 0.1) is 26.5 Å². The maximum absolute atomic E-state index is 12.8. The van der Waals surface area contributed by atoms with Crippen molar-refractivity contribution in [2.45, 2.75) is 24.9 Å². The lowest BCUT2D eigenvalue weighted by Gasteiger charge is -2.43. The molecule has 2 aliphatic heterocycles. The fraction of sp³-hybridized carbons (Fsp3) is 0.556. The first-order valence-electron chi connectivity index (χ1n) is 8.48. The number of Topliss-reactive ketones (excluding diaryl/α,β-unsaturated/α-hetero) is 1. The largest absolute Gasteiger partial charge is 0.496 e. The number of piperidine rings is 1. The summed E-state index contributed by atoms with van der Waals surface area (Å²) in [5, 5.41) is 0. The minimum absolute atomic E-state index is 0.0241. The molecule has 0 radical (unpaired) electrons. The molecule has 26 heavy (non-hydrogen) atoms. The number of halogens is 1. The Morgan fingerprint density at radius 1 is 1.27 bits per heavy atom. The van der Waals surface area contributed by atoms with Gasteiger partial charge in [0.1, 0.15) is 35.0 Å². The molecule has 1 aromatic carbocycles. The van der Waals surface area contributed by atoms with E-state index in [9.17, 15) is 9.59 Å². The summed E-state index contributed by atoms with van der Waals surface area (Å²) in [6, 6.07) is 3.38. The van der Waals surface area contributed by atoms with Gasteiger partial charge >= 0.3 is 6.09 Å². The molecule has 0 aliphatic carbocycles. The Kier molecular flexibility index (Phi) is 5.46. The van der Waals surface area contributed by atoms with E-state index in [0.29, 0.717) is 48.7 Å². The van der Waals surface area contributed by atoms with Gasteiger partial charge in [0.25, 0.3) is 0 Å². The summed E-state index contributed by atoms with van der Waals surface area (Å²) in [5.74, 6) is 1.72. The minimum Gasteiger partial charge on any atom is -0.496 e. The van der Waals surface area contributed by atoms with Crippen molar-refractivity contribution in [1.82, 2.24) is 4.90 Å². The average Bonchev–Trinajstić information content (AvgIpc) is 2.65. The first kappa shape index (κ1) is 18.6. The summed E-state index contributed by atoms with van der Waals surface area (Å²) < 4.78 is 21.9. The second-order valence-electron chi connectivity index (χ2n) is 6.38. The molecule has 1 fully saturated rings. The van der Waals surface area contributed by atoms with Crippen molar-refractivity contribution in [3.8, 4) is 17.2 Å². The van der Waals surface area contributed by atoms with Crippen LogP contribution in [0.4, 0.5) is 4.79 Å². The summed E-state index contributed by atoms with van der Waals surface area (Å²) >= 11 is 5.54. The Labute approximate surface area is 157 Å². The number of carbonyl (C=O) groups excluding carboxylic acids is 2. The molecule has 0 atom stereocenters. The molecule has 0 saturated carbocycles. The van der Waals surface area contributed by atoms with E-state index >= 15 is 0 Å². The highest BCUT2D eigenvalue weighted by Crippen LogP contribution is 2.44. The van der Waals surface area contributed by atoms with Crippen LogP contribution in [-0.4, -0.2) is 62.2 Å². The third kappa shape index (κ3) is 3.53. The lowest BCUT2D eigenvalue weighted by atomic mass is 9.82. The number of likely N-dealkylation sites (tertiary alicyclic amines) is 1. The van der Waals surface area contributed by atoms with Gasteiger partial charge in [-0.1, -0.05) is 0 Å². The fourth-order valence-electron chi connectivity index (χ4n) is 3.44. The molecular formula is C18H22ClNO6. The first-order valence-corrected chi connectivity index (χ1v) is 9.01. The van der Waals surface area contributed by atoms with Gasteiger partial charge in [-0.3, -0.25) is 4.79 Å². The molecule has 2 heterocycles. The molecule has 142 valence electrons. The van der Waals surface area contributed by atoms with E-state index in [1.807, 2.05) is 0 Å². The highest BCUT2D eigenvalue weighted by Gasteiger charge is 2.45. The van der Waals surface area contributed by atoms with Gasteiger partial charge in [0, 0.05) is 38.1 Å². The summed E-state index contributed by atoms with van der Waals surface area (Å²) in [6.07, 6.45) is 0.973. The van der Waals surface area contributed by atoms with Crippen LogP contribution in [0.25, 0.3) is 0 Å². The number of ketones is 1. The Bertz CT molecular complexity index is 699. The monoisotopic (exact) mass is 383 g/mol. The molecule has 2 aliphatic rings. The number of amides is 1. The van der Waals surface area contributed by atoms with E-state index in [4.69, 9.17) is 30.5 Å². The molecule has 0 aromatic heterocycles. The molecule has 0 unspecified atom stereocenters. The molecule has 0 bridgehead atoms. The highest BCUT2D eigenvalue weighted by atomic mass is 35.5. The zero-order valence-corrected chi connectivity index (χ0v) is 15.6. The van der Waals surface area contributed by atoms with Gasteiger partial charge in [0.2, 0.25) is 0 Å². The Balaban J connectivity index is 1.77. The van der Waals surface area contributed by atoms with Crippen molar-refractivity contribution < 1.29 is 28.5 Å². The molecule has 7 nitrogen and oxygen atoms in total. The smallest absolute Gasteiger partial charge is 0.409 e. The van der Waals surface area contributed by atoms with E-state index in [0.717, 1.165) is 0 Å². The zero-order valence-electron chi connectivity index (χ0n) is 14.9. The standard InChI is InChI=1S/C18H22ClNO6/c1-23-12-9-14(24-2)16-13(21)11-18(26-15(16)10-12)3-6-20(7-4-18)17(22)25-8-5-19/h9-10H,3-8,11H2,1-2H3. The zero-order chi connectivity index (χ0) is 18.7. The van der Waals surface area contributed by atoms with Crippen molar-refractivity contribution in [2.75, 3.05) is 39.8 Å². The van der Waals surface area contributed by atoms with Gasteiger partial charge < -0.3 is 23.8 Å². The number of fused-ring (bicyclic) bond motifs is 1. The SMILES string of the molecule is COc1cc(OC)c2c(c1)OC1(CCN(C(=O)OCCCl)CC1)CC2=O. The summed E-state index contributed by atoms with van der Waals surface area (Å²) in [4.78, 5) is 26.4. The van der Waals surface area contributed by atoms with Crippen LogP contribution in [0.2, 0.25) is 0 Å². The van der Waals surface area contributed by atoms with Crippen molar-refractivity contribution in [3.63, 3.8) is 0 Å². The number of ether oxygens (including phenoxy) is 4. The predicted molar refractivity (Wildman–Crippen MR) is 94.7 cm³/mol. The van der Waals surface area contributed by atoms with E-state index in [1.165, 1.54) is 7.11 Å². The van der Waals surface area contributed by atoms with Crippen LogP contribution in [0.15, 0.2) is 12.1 Å². The van der Waals surface area contributed by atoms with Crippen molar-refractivity contribution in [2.24, 2.45) is 0 Å². The summed E-state index contributed by atoms with van der Waals surface area (Å²) in [5.41, 5.74) is -0.173. The van der Waals surface area contributed by atoms with Crippen molar-refractivity contribution >= 4 is 23.5 Å². The normalized spacial score (nSPS) is 18.1. The predicted octanol–water partition coefficient (Wildman–Crippen LogP) is 2.88. The van der Waals surface area contributed by atoms with E-state index in [-0.39, 0.29) is 30.8 Å². The molecule has 0 N–H and O–H groups in total. The maximum Gasteiger partial charge on any atom is 0.409 e. The lowest BCUT2D eigenvalue weighted by Crippen LogP contribution is -2.52. The van der Waals surface area contributed by atoms with Crippen molar-refractivity contribution in [3.05, 3.63) is 17.7 Å². The third-order valence-corrected chi connectivity index (χ3v) is 4.97. The van der Waals surface area contributed by atoms with Crippen LogP contribution in [-0.2, 0) is 4.74 Å². The lowest BCUT2D eigenvalue weighted by molar-refractivity contribution is -0.00892. The van der Waals surface area contributed by atoms with Gasteiger partial charge in [-0.05, 0) is 0 Å². The van der Waals surface area contributed by atoms with Crippen LogP contribution in [0.1, 0.15) is 29.6 Å². The van der Waals surface area contributed by atoms with Gasteiger partial charge in [-0.15, -0.1) is 11.6 Å². The molecule has 1 amide bonds. The Hall–Kier alpha value is -2.15. The number of nitrogens with zero attached hydrogens (tertiary/aromatic N) is 1. The van der Waals surface area contributed by atoms with Crippen molar-refractivity contribution in [1.29, 1.82) is 0 Å². The Morgan fingerprint density at radius 2 is 2.00 bits per heavy atom. The second kappa shape index (κ2) is 7.61. The van der Waals surface area contributed by atoms with E-state index < -0.39 is 5.60 Å². The number of benzene rings is 1. The maximum atomic E-state index is 12.8. The first-order chi connectivity index (χ1) is 12.5. The molecule has 1 spiro atoms. The molecule has 3 rings (SSSR count). The Morgan fingerprint density at radius 3 is 2.62 bits per heavy atom. The highest BCUT2D eigenvalue weighted by molar-refractivity contribution is 6.18. The number of alkyl halides is 1. The minimum atomic E-state index is -0.620. The van der Waals surface area contributed by atoms with E-state index in [1.54, 1.807) is 24.1 Å². The fourth-order valence-corrected chi connectivity index (χ4v) is 3.52.